The Balaban J connectivity index is 2.13. The summed E-state index contributed by atoms with van der Waals surface area (Å²) in [7, 11) is 0. The Morgan fingerprint density at radius 2 is 2.33 bits per heavy atom. The van der Waals surface area contributed by atoms with Gasteiger partial charge in [-0.15, -0.1) is 0 Å². The summed E-state index contributed by atoms with van der Waals surface area (Å²) in [6.07, 6.45) is 0.302. The Morgan fingerprint density at radius 3 is 2.89 bits per heavy atom. The van der Waals surface area contributed by atoms with Crippen molar-refractivity contribution >= 4 is 17.5 Å². The lowest BCUT2D eigenvalue weighted by Crippen LogP contribution is -2.31. The highest BCUT2D eigenvalue weighted by Gasteiger charge is 2.30. The Hall–Kier alpha value is -1.13. The molecule has 0 radical (unpaired) electrons. The molecule has 2 rings (SSSR count). The summed E-state index contributed by atoms with van der Waals surface area (Å²) in [4.78, 5) is 13.7. The number of hydrogen-bond acceptors (Lipinski definition) is 2. The summed E-state index contributed by atoms with van der Waals surface area (Å²) in [5.41, 5.74) is 0.0330. The Morgan fingerprint density at radius 1 is 1.61 bits per heavy atom. The van der Waals surface area contributed by atoms with Crippen LogP contribution in [0.25, 0.3) is 0 Å². The van der Waals surface area contributed by atoms with Crippen LogP contribution in [0.4, 0.5) is 4.39 Å². The van der Waals surface area contributed by atoms with Crippen LogP contribution in [-0.4, -0.2) is 35.1 Å². The van der Waals surface area contributed by atoms with Crippen LogP contribution in [0.5, 0.6) is 0 Å². The number of likely N-dealkylation sites (tertiary alicyclic amines) is 1. The van der Waals surface area contributed by atoms with Crippen LogP contribution in [-0.2, 0) is 0 Å². The minimum Gasteiger partial charge on any atom is -0.393 e. The van der Waals surface area contributed by atoms with Crippen molar-refractivity contribution in [2.24, 2.45) is 5.92 Å². The second-order valence-electron chi connectivity index (χ2n) is 4.66. The van der Waals surface area contributed by atoms with E-state index in [2.05, 4.69) is 0 Å². The highest BCUT2D eigenvalue weighted by molar-refractivity contribution is 6.30. The number of rotatable bonds is 2. The predicted molar refractivity (Wildman–Crippen MR) is 67.1 cm³/mol. The zero-order chi connectivity index (χ0) is 13.3. The maximum absolute atomic E-state index is 13.6. The van der Waals surface area contributed by atoms with Gasteiger partial charge in [0.15, 0.2) is 0 Å². The van der Waals surface area contributed by atoms with Gasteiger partial charge in [-0.1, -0.05) is 11.6 Å². The molecule has 1 aliphatic heterocycles. The summed E-state index contributed by atoms with van der Waals surface area (Å²) in [5.74, 6) is -0.871. The summed E-state index contributed by atoms with van der Waals surface area (Å²) < 4.78 is 13.6. The van der Waals surface area contributed by atoms with E-state index in [1.54, 1.807) is 11.8 Å². The summed E-state index contributed by atoms with van der Waals surface area (Å²) in [6.45, 7) is 2.73. The van der Waals surface area contributed by atoms with E-state index in [4.69, 9.17) is 11.6 Å². The van der Waals surface area contributed by atoms with Crippen molar-refractivity contribution in [2.45, 2.75) is 19.4 Å². The molecule has 3 nitrogen and oxygen atoms in total. The van der Waals surface area contributed by atoms with Gasteiger partial charge in [-0.05, 0) is 31.5 Å². The largest absolute Gasteiger partial charge is 0.393 e. The molecule has 0 saturated carbocycles. The molecule has 0 spiro atoms. The Labute approximate surface area is 110 Å². The Kier molecular flexibility index (Phi) is 3.88. The van der Waals surface area contributed by atoms with Gasteiger partial charge in [-0.25, -0.2) is 4.39 Å². The zero-order valence-corrected chi connectivity index (χ0v) is 10.8. The van der Waals surface area contributed by atoms with E-state index in [-0.39, 0.29) is 22.4 Å². The number of nitrogens with zero attached hydrogens (tertiary/aromatic N) is 1. The number of halogens is 2. The molecule has 18 heavy (non-hydrogen) atoms. The minimum atomic E-state index is -0.604. The number of amides is 1. The average molecular weight is 272 g/mol. The van der Waals surface area contributed by atoms with Crippen molar-refractivity contribution in [3.63, 3.8) is 0 Å². The summed E-state index contributed by atoms with van der Waals surface area (Å²) in [5, 5.41) is 9.75. The molecule has 98 valence electrons. The van der Waals surface area contributed by atoms with Crippen LogP contribution in [0.3, 0.4) is 0 Å². The predicted octanol–water partition coefficient (Wildman–Crippen LogP) is 2.32. The lowest BCUT2D eigenvalue weighted by atomic mass is 10.0. The first-order chi connectivity index (χ1) is 8.49. The van der Waals surface area contributed by atoms with Crippen LogP contribution >= 0.6 is 11.6 Å². The van der Waals surface area contributed by atoms with Crippen molar-refractivity contribution in [1.29, 1.82) is 0 Å². The molecule has 2 atom stereocenters. The maximum atomic E-state index is 13.6. The molecule has 0 bridgehead atoms. The molecule has 1 amide bonds. The highest BCUT2D eigenvalue weighted by Crippen LogP contribution is 2.23. The third-order valence-electron chi connectivity index (χ3n) is 3.36. The molecule has 1 aromatic carbocycles. The average Bonchev–Trinajstić information content (AvgIpc) is 2.77. The number of carbonyl (C=O) groups is 1. The fourth-order valence-electron chi connectivity index (χ4n) is 2.20. The molecule has 5 heteroatoms. The zero-order valence-electron chi connectivity index (χ0n) is 10.1. The van der Waals surface area contributed by atoms with E-state index in [0.717, 1.165) is 12.5 Å². The summed E-state index contributed by atoms with van der Waals surface area (Å²) in [6, 6.07) is 4.03. The van der Waals surface area contributed by atoms with Gasteiger partial charge in [0.2, 0.25) is 0 Å². The molecular formula is C13H15ClFNO2. The fraction of sp³-hybridized carbons (Fsp3) is 0.462. The molecule has 2 unspecified atom stereocenters. The second-order valence-corrected chi connectivity index (χ2v) is 5.10. The fourth-order valence-corrected chi connectivity index (χ4v) is 2.36. The van der Waals surface area contributed by atoms with E-state index >= 15 is 0 Å². The van der Waals surface area contributed by atoms with E-state index in [0.29, 0.717) is 13.1 Å². The second kappa shape index (κ2) is 5.24. The van der Waals surface area contributed by atoms with E-state index in [9.17, 15) is 14.3 Å². The number of carbonyl (C=O) groups excluding carboxylic acids is 1. The van der Waals surface area contributed by atoms with Gasteiger partial charge < -0.3 is 10.0 Å². The van der Waals surface area contributed by atoms with E-state index < -0.39 is 11.9 Å². The molecular weight excluding hydrogens is 257 g/mol. The van der Waals surface area contributed by atoms with Crippen LogP contribution in [0.2, 0.25) is 5.02 Å². The summed E-state index contributed by atoms with van der Waals surface area (Å²) >= 11 is 5.65. The first kappa shape index (κ1) is 13.3. The standard InChI is InChI=1S/C13H15ClFNO2/c1-8(17)9-4-5-16(7-9)13(18)11-3-2-10(14)6-12(11)15/h2-3,6,8-9,17H,4-5,7H2,1H3. The molecule has 1 aromatic rings. The van der Waals surface area contributed by atoms with Gasteiger partial charge in [-0.2, -0.15) is 0 Å². The number of aliphatic hydroxyl groups is 1. The van der Waals surface area contributed by atoms with Gasteiger partial charge in [0.1, 0.15) is 5.82 Å². The first-order valence-electron chi connectivity index (χ1n) is 5.91. The molecule has 1 aliphatic rings. The number of aliphatic hydroxyl groups excluding tert-OH is 1. The highest BCUT2D eigenvalue weighted by atomic mass is 35.5. The first-order valence-corrected chi connectivity index (χ1v) is 6.29. The topological polar surface area (TPSA) is 40.5 Å². The van der Waals surface area contributed by atoms with Crippen LogP contribution < -0.4 is 0 Å². The van der Waals surface area contributed by atoms with Gasteiger partial charge in [0.25, 0.3) is 5.91 Å². The van der Waals surface area contributed by atoms with Gasteiger partial charge in [0.05, 0.1) is 11.7 Å². The van der Waals surface area contributed by atoms with Gasteiger partial charge in [0, 0.05) is 24.0 Å². The van der Waals surface area contributed by atoms with Crippen molar-refractivity contribution in [3.8, 4) is 0 Å². The third kappa shape index (κ3) is 2.65. The third-order valence-corrected chi connectivity index (χ3v) is 3.59. The Bertz CT molecular complexity index is 464. The van der Waals surface area contributed by atoms with E-state index in [1.165, 1.54) is 12.1 Å². The number of hydrogen-bond donors (Lipinski definition) is 1. The van der Waals surface area contributed by atoms with Gasteiger partial charge in [-0.3, -0.25) is 4.79 Å². The lowest BCUT2D eigenvalue weighted by Gasteiger charge is -2.18. The maximum Gasteiger partial charge on any atom is 0.256 e. The van der Waals surface area contributed by atoms with E-state index in [1.807, 2.05) is 0 Å². The van der Waals surface area contributed by atoms with Crippen LogP contribution in [0.1, 0.15) is 23.7 Å². The van der Waals surface area contributed by atoms with Crippen molar-refractivity contribution in [1.82, 2.24) is 4.90 Å². The van der Waals surface area contributed by atoms with Gasteiger partial charge >= 0.3 is 0 Å². The van der Waals surface area contributed by atoms with Crippen LogP contribution in [0, 0.1) is 11.7 Å². The van der Waals surface area contributed by atoms with Crippen molar-refractivity contribution in [2.75, 3.05) is 13.1 Å². The molecule has 0 aromatic heterocycles. The molecule has 0 aliphatic carbocycles. The smallest absolute Gasteiger partial charge is 0.256 e. The molecule has 1 fully saturated rings. The molecule has 1 heterocycles. The normalized spacial score (nSPS) is 21.1. The van der Waals surface area contributed by atoms with Crippen molar-refractivity contribution < 1.29 is 14.3 Å². The quantitative estimate of drug-likeness (QED) is 0.897. The van der Waals surface area contributed by atoms with Crippen molar-refractivity contribution in [3.05, 3.63) is 34.6 Å². The van der Waals surface area contributed by atoms with Crippen LogP contribution in [0.15, 0.2) is 18.2 Å². The SMILES string of the molecule is CC(O)C1CCN(C(=O)c2ccc(Cl)cc2F)C1. The number of benzene rings is 1. The minimum absolute atomic E-state index is 0.0330. The molecule has 1 N–H and O–H groups in total. The molecule has 1 saturated heterocycles. The lowest BCUT2D eigenvalue weighted by molar-refractivity contribution is 0.0758. The monoisotopic (exact) mass is 271 g/mol.